The lowest BCUT2D eigenvalue weighted by Gasteiger charge is -2.46. The maximum Gasteiger partial charge on any atom is 0.166 e. The molecule has 2 rings (SSSR count). The fourth-order valence-electron chi connectivity index (χ4n) is 2.67. The Morgan fingerprint density at radius 2 is 1.69 bits per heavy atom. The van der Waals surface area contributed by atoms with Crippen molar-refractivity contribution in [2.75, 3.05) is 0 Å². The van der Waals surface area contributed by atoms with Crippen LogP contribution in [0.4, 0.5) is 0 Å². The fourth-order valence-corrected chi connectivity index (χ4v) is 2.67. The minimum Gasteiger partial charge on any atom is -0.270 e. The molecule has 0 spiro atoms. The first-order valence-electron chi connectivity index (χ1n) is 4.67. The van der Waals surface area contributed by atoms with E-state index in [4.69, 9.17) is 4.84 Å². The molecule has 0 N–H and O–H groups in total. The summed E-state index contributed by atoms with van der Waals surface area (Å²) in [4.78, 5) is 5.48. The molecule has 13 heavy (non-hydrogen) atoms. The number of hydrogen-bond donors (Lipinski definition) is 0. The summed E-state index contributed by atoms with van der Waals surface area (Å²) < 4.78 is 0. The second-order valence-electron chi connectivity index (χ2n) is 5.34. The Morgan fingerprint density at radius 1 is 1.15 bits per heavy atom. The van der Waals surface area contributed by atoms with Crippen LogP contribution >= 0.6 is 0 Å². The van der Waals surface area contributed by atoms with Crippen LogP contribution in [0.2, 0.25) is 0 Å². The molecule has 1 radical (unpaired) electrons. The Morgan fingerprint density at radius 3 is 2.23 bits per heavy atom. The van der Waals surface area contributed by atoms with Gasteiger partial charge in [-0.15, -0.1) is 15.3 Å². The molecule has 75 valence electrons. The van der Waals surface area contributed by atoms with E-state index in [0.717, 1.165) is 11.5 Å². The van der Waals surface area contributed by atoms with Crippen molar-refractivity contribution in [1.29, 1.82) is 0 Å². The van der Waals surface area contributed by atoms with Crippen molar-refractivity contribution in [2.24, 2.45) is 0 Å². The van der Waals surface area contributed by atoms with Gasteiger partial charge in [-0.3, -0.25) is 4.84 Å². The summed E-state index contributed by atoms with van der Waals surface area (Å²) in [6.45, 7) is 9.75. The Balaban J connectivity index is 2.33. The molecule has 0 aliphatic carbocycles. The third kappa shape index (κ3) is 1.06. The molecule has 0 bridgehead atoms. The highest BCUT2D eigenvalue weighted by molar-refractivity contribution is 5.04. The smallest absolute Gasteiger partial charge is 0.166 e. The van der Waals surface area contributed by atoms with Gasteiger partial charge in [0.2, 0.25) is 0 Å². The van der Waals surface area contributed by atoms with E-state index in [-0.39, 0.29) is 11.3 Å². The van der Waals surface area contributed by atoms with E-state index in [1.165, 1.54) is 0 Å². The third-order valence-electron chi connectivity index (χ3n) is 2.99. The molecule has 0 aromatic carbocycles. The lowest BCUT2D eigenvalue weighted by Crippen LogP contribution is -2.62. The second kappa shape index (κ2) is 2.08. The van der Waals surface area contributed by atoms with Crippen LogP contribution in [0.5, 0.6) is 0 Å². The number of rotatable bonds is 0. The molecule has 2 heterocycles. The molecule has 2 aliphatic rings. The Kier molecular flexibility index (Phi) is 1.51. The van der Waals surface area contributed by atoms with Gasteiger partial charge in [-0.1, -0.05) is 0 Å². The van der Waals surface area contributed by atoms with Gasteiger partial charge < -0.3 is 0 Å². The van der Waals surface area contributed by atoms with Gasteiger partial charge in [0, 0.05) is 6.42 Å². The largest absolute Gasteiger partial charge is 0.270 e. The van der Waals surface area contributed by atoms with E-state index >= 15 is 0 Å². The Hall–Kier alpha value is -0.160. The zero-order chi connectivity index (χ0) is 10.1. The van der Waals surface area contributed by atoms with Crippen LogP contribution < -0.4 is 0 Å². The number of hydroxylamine groups is 4. The first-order chi connectivity index (χ1) is 5.70. The summed E-state index contributed by atoms with van der Waals surface area (Å²) in [5.41, 5.74) is -1.10. The quantitative estimate of drug-likeness (QED) is 0.537. The van der Waals surface area contributed by atoms with Gasteiger partial charge in [0.1, 0.15) is 5.66 Å². The predicted molar refractivity (Wildman–Crippen MR) is 46.6 cm³/mol. The minimum absolute atomic E-state index is 0.214. The number of hydrogen-bond acceptors (Lipinski definition) is 3. The van der Waals surface area contributed by atoms with Gasteiger partial charge in [-0.2, -0.15) is 0 Å². The molecule has 2 aliphatic heterocycles. The lowest BCUT2D eigenvalue weighted by molar-refractivity contribution is -0.320. The highest BCUT2D eigenvalue weighted by Crippen LogP contribution is 2.53. The number of fused-ring (bicyclic) bond motifs is 1. The molecule has 0 aromatic heterocycles. The molecule has 2 atom stereocenters. The molecule has 0 amide bonds. The van der Waals surface area contributed by atoms with E-state index in [9.17, 15) is 5.21 Å². The highest BCUT2D eigenvalue weighted by atomic mass is 16.9. The average molecular weight is 185 g/mol. The molecule has 0 aromatic rings. The van der Waals surface area contributed by atoms with Crippen LogP contribution in [0, 0.1) is 0 Å². The standard InChI is InChI=1S/C9H17N2O2/c1-7(2)6-9(5)11(13-9)8(3,4)10(7)12/h6H2,1-5H3. The van der Waals surface area contributed by atoms with E-state index in [2.05, 4.69) is 0 Å². The van der Waals surface area contributed by atoms with E-state index in [1.807, 2.05) is 34.6 Å². The van der Waals surface area contributed by atoms with Crippen LogP contribution in [-0.4, -0.2) is 27.1 Å². The topological polar surface area (TPSA) is 38.7 Å². The molecule has 4 heteroatoms. The minimum atomic E-state index is -0.545. The van der Waals surface area contributed by atoms with Gasteiger partial charge in [0.25, 0.3) is 0 Å². The normalized spacial score (nSPS) is 47.1. The maximum absolute atomic E-state index is 11.9. The predicted octanol–water partition coefficient (Wildman–Crippen LogP) is 1.52. The van der Waals surface area contributed by atoms with Crippen LogP contribution in [0.25, 0.3) is 0 Å². The molecule has 4 nitrogen and oxygen atoms in total. The number of nitrogens with zero attached hydrogens (tertiary/aromatic N) is 2. The summed E-state index contributed by atoms with van der Waals surface area (Å²) in [5, 5.41) is 14.9. The van der Waals surface area contributed by atoms with Crippen LogP contribution in [0.3, 0.4) is 0 Å². The van der Waals surface area contributed by atoms with Crippen molar-refractivity contribution >= 4 is 0 Å². The fraction of sp³-hybridized carbons (Fsp3) is 1.00. The highest BCUT2D eigenvalue weighted by Gasteiger charge is 2.68. The lowest BCUT2D eigenvalue weighted by atomic mass is 9.88. The summed E-state index contributed by atoms with van der Waals surface area (Å²) in [7, 11) is 0. The van der Waals surface area contributed by atoms with Crippen molar-refractivity contribution in [3.05, 3.63) is 0 Å². The van der Waals surface area contributed by atoms with Crippen molar-refractivity contribution in [3.63, 3.8) is 0 Å². The first kappa shape index (κ1) is 9.40. The summed E-state index contributed by atoms with van der Waals surface area (Å²) in [6.07, 6.45) is 0.757. The third-order valence-corrected chi connectivity index (χ3v) is 2.99. The maximum atomic E-state index is 11.9. The van der Waals surface area contributed by atoms with Crippen LogP contribution in [0.1, 0.15) is 41.0 Å². The Labute approximate surface area is 79.0 Å². The first-order valence-corrected chi connectivity index (χ1v) is 4.67. The molecule has 2 saturated heterocycles. The monoisotopic (exact) mass is 185 g/mol. The molecular weight excluding hydrogens is 168 g/mol. The summed E-state index contributed by atoms with van der Waals surface area (Å²) in [5.74, 6) is 0. The zero-order valence-corrected chi connectivity index (χ0v) is 8.92. The zero-order valence-electron chi connectivity index (χ0n) is 8.92. The van der Waals surface area contributed by atoms with E-state index < -0.39 is 5.66 Å². The van der Waals surface area contributed by atoms with Gasteiger partial charge in [0.15, 0.2) is 5.72 Å². The molecule has 2 fully saturated rings. The van der Waals surface area contributed by atoms with Crippen molar-refractivity contribution < 1.29 is 10.0 Å². The molecular formula is C9H17N2O2. The Bertz CT molecular complexity index is 252. The van der Waals surface area contributed by atoms with E-state index in [0.29, 0.717) is 0 Å². The summed E-state index contributed by atoms with van der Waals surface area (Å²) >= 11 is 0. The van der Waals surface area contributed by atoms with Gasteiger partial charge in [-0.05, 0) is 34.6 Å². The van der Waals surface area contributed by atoms with Crippen molar-refractivity contribution in [2.45, 2.75) is 58.0 Å². The SMILES string of the molecule is CC1(C)CC2(C)ON2C(C)(C)N1[O]. The van der Waals surface area contributed by atoms with Crippen molar-refractivity contribution in [3.8, 4) is 0 Å². The second-order valence-corrected chi connectivity index (χ2v) is 5.34. The van der Waals surface area contributed by atoms with Crippen LogP contribution in [0.15, 0.2) is 0 Å². The van der Waals surface area contributed by atoms with Crippen LogP contribution in [-0.2, 0) is 10.0 Å². The molecule has 0 saturated carbocycles. The van der Waals surface area contributed by atoms with Crippen molar-refractivity contribution in [1.82, 2.24) is 10.1 Å². The van der Waals surface area contributed by atoms with Gasteiger partial charge in [-0.25, -0.2) is 0 Å². The average Bonchev–Trinajstić information content (AvgIpc) is 2.58. The summed E-state index contributed by atoms with van der Waals surface area (Å²) in [6, 6.07) is 0. The molecule has 2 unspecified atom stereocenters. The van der Waals surface area contributed by atoms with Gasteiger partial charge in [0.05, 0.1) is 5.54 Å². The van der Waals surface area contributed by atoms with Gasteiger partial charge >= 0.3 is 0 Å². The van der Waals surface area contributed by atoms with E-state index in [1.54, 1.807) is 5.06 Å².